The third-order valence-corrected chi connectivity index (χ3v) is 4.72. The second kappa shape index (κ2) is 6.55. The highest BCUT2D eigenvalue weighted by Crippen LogP contribution is 2.28. The molecule has 2 amide bonds. The first kappa shape index (κ1) is 16.6. The molecule has 1 saturated carbocycles. The van der Waals surface area contributed by atoms with Gasteiger partial charge in [0.25, 0.3) is 0 Å². The van der Waals surface area contributed by atoms with Crippen molar-refractivity contribution in [3.05, 3.63) is 0 Å². The van der Waals surface area contributed by atoms with Gasteiger partial charge in [-0.1, -0.05) is 25.7 Å². The standard InChI is InChI=1S/C17H33N3O/c1-16(2)11-14(12-17(3,4)20-16)19-15(21)18-13-9-7-5-6-8-10-13/h13-14,20H,5-12H2,1-4H3,(H2,18,19,21). The molecule has 1 aliphatic heterocycles. The lowest BCUT2D eigenvalue weighted by Gasteiger charge is -2.46. The highest BCUT2D eigenvalue weighted by Gasteiger charge is 2.38. The smallest absolute Gasteiger partial charge is 0.315 e. The van der Waals surface area contributed by atoms with Crippen LogP contribution in [0.5, 0.6) is 0 Å². The highest BCUT2D eigenvalue weighted by molar-refractivity contribution is 5.74. The van der Waals surface area contributed by atoms with Crippen LogP contribution in [0.2, 0.25) is 0 Å². The summed E-state index contributed by atoms with van der Waals surface area (Å²) in [5, 5.41) is 10.1. The second-order valence-electron chi connectivity index (χ2n) is 8.30. The van der Waals surface area contributed by atoms with Gasteiger partial charge in [-0.05, 0) is 53.4 Å². The molecule has 2 rings (SSSR count). The van der Waals surface area contributed by atoms with Crippen molar-refractivity contribution in [3.63, 3.8) is 0 Å². The van der Waals surface area contributed by atoms with Crippen molar-refractivity contribution in [2.45, 2.75) is 102 Å². The van der Waals surface area contributed by atoms with Gasteiger partial charge < -0.3 is 16.0 Å². The number of carbonyl (C=O) groups excluding carboxylic acids is 1. The summed E-state index contributed by atoms with van der Waals surface area (Å²) in [4.78, 5) is 12.3. The first-order valence-corrected chi connectivity index (χ1v) is 8.62. The van der Waals surface area contributed by atoms with Crippen molar-refractivity contribution < 1.29 is 4.79 Å². The van der Waals surface area contributed by atoms with E-state index in [-0.39, 0.29) is 23.2 Å². The fraction of sp³-hybridized carbons (Fsp3) is 0.941. The lowest BCUT2D eigenvalue weighted by molar-refractivity contribution is 0.147. The third-order valence-electron chi connectivity index (χ3n) is 4.72. The summed E-state index contributed by atoms with van der Waals surface area (Å²) < 4.78 is 0. The molecule has 3 N–H and O–H groups in total. The Labute approximate surface area is 129 Å². The first-order valence-electron chi connectivity index (χ1n) is 8.62. The van der Waals surface area contributed by atoms with Crippen molar-refractivity contribution in [1.82, 2.24) is 16.0 Å². The van der Waals surface area contributed by atoms with Crippen molar-refractivity contribution >= 4 is 6.03 Å². The zero-order valence-electron chi connectivity index (χ0n) is 14.2. The molecule has 4 nitrogen and oxygen atoms in total. The maximum Gasteiger partial charge on any atom is 0.315 e. The van der Waals surface area contributed by atoms with E-state index in [1.54, 1.807) is 0 Å². The van der Waals surface area contributed by atoms with Crippen LogP contribution in [0.4, 0.5) is 4.79 Å². The molecular weight excluding hydrogens is 262 g/mol. The van der Waals surface area contributed by atoms with Crippen molar-refractivity contribution in [2.24, 2.45) is 0 Å². The third kappa shape index (κ3) is 5.50. The number of nitrogens with one attached hydrogen (secondary N) is 3. The average Bonchev–Trinajstić information content (AvgIpc) is 2.52. The monoisotopic (exact) mass is 295 g/mol. The maximum absolute atomic E-state index is 12.3. The molecule has 1 saturated heterocycles. The summed E-state index contributed by atoms with van der Waals surface area (Å²) in [7, 11) is 0. The Morgan fingerprint density at radius 1 is 0.857 bits per heavy atom. The van der Waals surface area contributed by atoms with E-state index < -0.39 is 0 Å². The van der Waals surface area contributed by atoms with Gasteiger partial charge in [0.2, 0.25) is 0 Å². The highest BCUT2D eigenvalue weighted by atomic mass is 16.2. The zero-order chi connectivity index (χ0) is 15.5. The number of amides is 2. The molecule has 2 fully saturated rings. The molecule has 0 unspecified atom stereocenters. The molecule has 0 atom stereocenters. The Bertz CT molecular complexity index is 341. The molecule has 0 bridgehead atoms. The van der Waals surface area contributed by atoms with Gasteiger partial charge >= 0.3 is 6.03 Å². The van der Waals surface area contributed by atoms with Crippen LogP contribution in [0.15, 0.2) is 0 Å². The van der Waals surface area contributed by atoms with Gasteiger partial charge in [-0.25, -0.2) is 4.79 Å². The molecule has 1 heterocycles. The van der Waals surface area contributed by atoms with Crippen LogP contribution >= 0.6 is 0 Å². The van der Waals surface area contributed by atoms with E-state index in [9.17, 15) is 4.79 Å². The molecule has 0 radical (unpaired) electrons. The number of rotatable bonds is 2. The predicted octanol–water partition coefficient (Wildman–Crippen LogP) is 3.32. The van der Waals surface area contributed by atoms with Crippen LogP contribution in [-0.2, 0) is 0 Å². The number of piperidine rings is 1. The molecule has 0 aromatic rings. The Morgan fingerprint density at radius 2 is 1.33 bits per heavy atom. The molecule has 2 aliphatic rings. The number of urea groups is 1. The van der Waals surface area contributed by atoms with Gasteiger partial charge in [0.05, 0.1) is 0 Å². The van der Waals surface area contributed by atoms with Crippen LogP contribution in [0.3, 0.4) is 0 Å². The summed E-state index contributed by atoms with van der Waals surface area (Å²) in [6.07, 6.45) is 9.36. The Hall–Kier alpha value is -0.770. The minimum atomic E-state index is 0.0281. The van der Waals surface area contributed by atoms with E-state index in [2.05, 4.69) is 43.6 Å². The summed E-state index contributed by atoms with van der Waals surface area (Å²) >= 11 is 0. The largest absolute Gasteiger partial charge is 0.335 e. The van der Waals surface area contributed by atoms with Crippen LogP contribution in [0, 0.1) is 0 Å². The van der Waals surface area contributed by atoms with Crippen molar-refractivity contribution in [1.29, 1.82) is 0 Å². The number of carbonyl (C=O) groups is 1. The minimum absolute atomic E-state index is 0.0281. The van der Waals surface area contributed by atoms with Gasteiger partial charge in [-0.15, -0.1) is 0 Å². The Balaban J connectivity index is 1.84. The van der Waals surface area contributed by atoms with E-state index in [0.29, 0.717) is 6.04 Å². The van der Waals surface area contributed by atoms with Crippen molar-refractivity contribution in [2.75, 3.05) is 0 Å². The van der Waals surface area contributed by atoms with Crippen LogP contribution in [-0.4, -0.2) is 29.2 Å². The lowest BCUT2D eigenvalue weighted by atomic mass is 9.80. The summed E-state index contributed by atoms with van der Waals surface area (Å²) in [5.41, 5.74) is 0.143. The van der Waals surface area contributed by atoms with Crippen LogP contribution in [0.25, 0.3) is 0 Å². The van der Waals surface area contributed by atoms with E-state index >= 15 is 0 Å². The molecule has 4 heteroatoms. The molecule has 0 aromatic heterocycles. The first-order chi connectivity index (χ1) is 9.76. The number of hydrogen-bond donors (Lipinski definition) is 3. The lowest BCUT2D eigenvalue weighted by Crippen LogP contribution is -2.63. The Morgan fingerprint density at radius 3 is 1.86 bits per heavy atom. The summed E-state index contributed by atoms with van der Waals surface area (Å²) in [5.74, 6) is 0. The fourth-order valence-corrected chi connectivity index (χ4v) is 4.26. The molecular formula is C17H33N3O. The quantitative estimate of drug-likeness (QED) is 0.685. The summed E-state index contributed by atoms with van der Waals surface area (Å²) in [6, 6.07) is 0.651. The second-order valence-corrected chi connectivity index (χ2v) is 8.30. The van der Waals surface area contributed by atoms with E-state index in [1.807, 2.05) is 0 Å². The number of hydrogen-bond acceptors (Lipinski definition) is 2. The topological polar surface area (TPSA) is 53.2 Å². The minimum Gasteiger partial charge on any atom is -0.335 e. The normalized spacial score (nSPS) is 26.9. The van der Waals surface area contributed by atoms with E-state index in [1.165, 1.54) is 25.7 Å². The Kier molecular flexibility index (Phi) is 5.18. The zero-order valence-corrected chi connectivity index (χ0v) is 14.2. The van der Waals surface area contributed by atoms with E-state index in [4.69, 9.17) is 0 Å². The van der Waals surface area contributed by atoms with Gasteiger partial charge in [-0.3, -0.25) is 0 Å². The molecule has 1 aliphatic carbocycles. The molecule has 0 spiro atoms. The fourth-order valence-electron chi connectivity index (χ4n) is 4.26. The maximum atomic E-state index is 12.3. The van der Waals surface area contributed by atoms with Gasteiger partial charge in [0.15, 0.2) is 0 Å². The SMILES string of the molecule is CC1(C)CC(NC(=O)NC2CCCCCC2)CC(C)(C)N1. The molecule has 122 valence electrons. The van der Waals surface area contributed by atoms with Gasteiger partial charge in [0, 0.05) is 23.2 Å². The van der Waals surface area contributed by atoms with Gasteiger partial charge in [0.1, 0.15) is 0 Å². The molecule has 21 heavy (non-hydrogen) atoms. The molecule has 0 aromatic carbocycles. The van der Waals surface area contributed by atoms with Crippen molar-refractivity contribution in [3.8, 4) is 0 Å². The van der Waals surface area contributed by atoms with Crippen LogP contribution in [0.1, 0.15) is 79.1 Å². The summed E-state index contributed by atoms with van der Waals surface area (Å²) in [6.45, 7) is 8.86. The van der Waals surface area contributed by atoms with E-state index in [0.717, 1.165) is 25.7 Å². The average molecular weight is 295 g/mol. The predicted molar refractivity (Wildman–Crippen MR) is 87.5 cm³/mol. The van der Waals surface area contributed by atoms with Gasteiger partial charge in [-0.2, -0.15) is 0 Å². The van der Waals surface area contributed by atoms with Crippen LogP contribution < -0.4 is 16.0 Å².